The number of hydrogen-bond acceptors (Lipinski definition) is 2. The standard InChI is InChI=1S/C16H32O2Si/c1-9-16(5,12-10-11-13(2)3)15(17)14(4)18-19(6,7)8/h9,11,14-15,17H,1,10,12H2,2-8H3/t14-,15-,16-/m1/s1. The molecule has 19 heavy (non-hydrogen) atoms. The van der Waals surface area contributed by atoms with Crippen molar-refractivity contribution in [2.75, 3.05) is 0 Å². The molecule has 0 aromatic carbocycles. The normalized spacial score (nSPS) is 18.3. The summed E-state index contributed by atoms with van der Waals surface area (Å²) in [6.07, 6.45) is 5.27. The summed E-state index contributed by atoms with van der Waals surface area (Å²) < 4.78 is 6.00. The molecule has 0 aromatic rings. The summed E-state index contributed by atoms with van der Waals surface area (Å²) >= 11 is 0. The Hall–Kier alpha value is -0.383. The second-order valence-electron chi connectivity index (χ2n) is 6.91. The van der Waals surface area contributed by atoms with Crippen LogP contribution in [0.1, 0.15) is 40.5 Å². The molecule has 0 aliphatic heterocycles. The van der Waals surface area contributed by atoms with Crippen LogP contribution in [0.3, 0.4) is 0 Å². The summed E-state index contributed by atoms with van der Waals surface area (Å²) in [5.41, 5.74) is 1.01. The highest BCUT2D eigenvalue weighted by Gasteiger charge is 2.35. The van der Waals surface area contributed by atoms with Gasteiger partial charge >= 0.3 is 0 Å². The first-order valence-corrected chi connectivity index (χ1v) is 10.6. The van der Waals surface area contributed by atoms with Crippen LogP contribution in [0.2, 0.25) is 19.6 Å². The average Bonchev–Trinajstić information content (AvgIpc) is 2.24. The first-order chi connectivity index (χ1) is 8.52. The van der Waals surface area contributed by atoms with E-state index in [0.29, 0.717) is 0 Å². The average molecular weight is 285 g/mol. The maximum atomic E-state index is 10.6. The quantitative estimate of drug-likeness (QED) is 0.524. The molecule has 0 bridgehead atoms. The lowest BCUT2D eigenvalue weighted by molar-refractivity contribution is -0.0246. The fourth-order valence-electron chi connectivity index (χ4n) is 2.20. The van der Waals surface area contributed by atoms with Gasteiger partial charge in [0.1, 0.15) is 0 Å². The van der Waals surface area contributed by atoms with Crippen LogP contribution in [0.25, 0.3) is 0 Å². The minimum Gasteiger partial charge on any atom is -0.412 e. The summed E-state index contributed by atoms with van der Waals surface area (Å²) in [7, 11) is -1.63. The molecule has 0 aliphatic rings. The van der Waals surface area contributed by atoms with E-state index >= 15 is 0 Å². The minimum absolute atomic E-state index is 0.152. The number of aliphatic hydroxyl groups excluding tert-OH is 1. The number of aliphatic hydroxyl groups is 1. The van der Waals surface area contributed by atoms with E-state index in [-0.39, 0.29) is 11.5 Å². The Morgan fingerprint density at radius 1 is 1.37 bits per heavy atom. The Balaban J connectivity index is 4.72. The number of rotatable bonds is 8. The molecule has 3 heteroatoms. The smallest absolute Gasteiger partial charge is 0.184 e. The first kappa shape index (κ1) is 18.6. The van der Waals surface area contributed by atoms with Gasteiger partial charge in [0.25, 0.3) is 0 Å². The first-order valence-electron chi connectivity index (χ1n) is 7.14. The Morgan fingerprint density at radius 3 is 2.26 bits per heavy atom. The van der Waals surface area contributed by atoms with Crippen molar-refractivity contribution < 1.29 is 9.53 Å². The lowest BCUT2D eigenvalue weighted by atomic mass is 9.78. The fourth-order valence-corrected chi connectivity index (χ4v) is 3.45. The van der Waals surface area contributed by atoms with Gasteiger partial charge in [-0.3, -0.25) is 0 Å². The lowest BCUT2D eigenvalue weighted by Crippen LogP contribution is -2.44. The molecule has 0 fully saturated rings. The van der Waals surface area contributed by atoms with Crippen LogP contribution in [0.5, 0.6) is 0 Å². The van der Waals surface area contributed by atoms with Crippen molar-refractivity contribution in [1.29, 1.82) is 0 Å². The second-order valence-corrected chi connectivity index (χ2v) is 11.4. The third-order valence-electron chi connectivity index (χ3n) is 3.36. The third-order valence-corrected chi connectivity index (χ3v) is 4.44. The summed E-state index contributed by atoms with van der Waals surface area (Å²) in [5, 5.41) is 10.6. The molecule has 2 nitrogen and oxygen atoms in total. The molecule has 0 saturated carbocycles. The Kier molecular flexibility index (Phi) is 7.26. The zero-order valence-corrected chi connectivity index (χ0v) is 14.8. The molecule has 0 heterocycles. The van der Waals surface area contributed by atoms with Crippen LogP contribution in [0.4, 0.5) is 0 Å². The van der Waals surface area contributed by atoms with Gasteiger partial charge in [-0.1, -0.05) is 24.6 Å². The second kappa shape index (κ2) is 7.41. The van der Waals surface area contributed by atoms with Crippen LogP contribution >= 0.6 is 0 Å². The van der Waals surface area contributed by atoms with Gasteiger partial charge in [-0.05, 0) is 53.3 Å². The molecule has 0 radical (unpaired) electrons. The summed E-state index contributed by atoms with van der Waals surface area (Å²) in [6, 6.07) is 0. The van der Waals surface area contributed by atoms with Gasteiger partial charge in [-0.2, -0.15) is 0 Å². The largest absolute Gasteiger partial charge is 0.412 e. The van der Waals surface area contributed by atoms with E-state index < -0.39 is 14.4 Å². The van der Waals surface area contributed by atoms with Crippen molar-refractivity contribution >= 4 is 8.32 Å². The summed E-state index contributed by atoms with van der Waals surface area (Å²) in [4.78, 5) is 0. The number of allylic oxidation sites excluding steroid dienone is 2. The molecule has 0 spiro atoms. The Bertz CT molecular complexity index is 313. The Labute approximate surface area is 120 Å². The van der Waals surface area contributed by atoms with Crippen molar-refractivity contribution in [3.05, 3.63) is 24.3 Å². The predicted octanol–water partition coefficient (Wildman–Crippen LogP) is 4.53. The molecular formula is C16H32O2Si. The van der Waals surface area contributed by atoms with Crippen molar-refractivity contribution in [2.45, 2.75) is 72.4 Å². The topological polar surface area (TPSA) is 29.5 Å². The van der Waals surface area contributed by atoms with E-state index in [1.165, 1.54) is 5.57 Å². The Morgan fingerprint density at radius 2 is 1.89 bits per heavy atom. The van der Waals surface area contributed by atoms with Crippen molar-refractivity contribution in [3.8, 4) is 0 Å². The number of hydrogen-bond donors (Lipinski definition) is 1. The molecule has 0 aliphatic carbocycles. The van der Waals surface area contributed by atoms with E-state index in [4.69, 9.17) is 4.43 Å². The molecule has 1 N–H and O–H groups in total. The van der Waals surface area contributed by atoms with Gasteiger partial charge in [0.15, 0.2) is 8.32 Å². The van der Waals surface area contributed by atoms with Crippen molar-refractivity contribution in [1.82, 2.24) is 0 Å². The fraction of sp³-hybridized carbons (Fsp3) is 0.750. The van der Waals surface area contributed by atoms with Crippen molar-refractivity contribution in [2.24, 2.45) is 5.41 Å². The van der Waals surface area contributed by atoms with Crippen molar-refractivity contribution in [3.63, 3.8) is 0 Å². The molecule has 0 amide bonds. The van der Waals surface area contributed by atoms with E-state index in [9.17, 15) is 5.11 Å². The lowest BCUT2D eigenvalue weighted by Gasteiger charge is -2.37. The van der Waals surface area contributed by atoms with E-state index in [0.717, 1.165) is 12.8 Å². The highest BCUT2D eigenvalue weighted by molar-refractivity contribution is 6.69. The van der Waals surface area contributed by atoms with E-state index in [1.54, 1.807) is 0 Å². The third kappa shape index (κ3) is 7.09. The van der Waals surface area contributed by atoms with Gasteiger partial charge in [0.2, 0.25) is 0 Å². The molecule has 3 atom stereocenters. The maximum absolute atomic E-state index is 10.6. The maximum Gasteiger partial charge on any atom is 0.184 e. The SMILES string of the molecule is C=C[C@](C)(CCC=C(C)C)[C@H](O)[C@@H](C)O[Si](C)(C)C. The molecule has 0 saturated heterocycles. The minimum atomic E-state index is -1.63. The van der Waals surface area contributed by atoms with E-state index in [2.05, 4.69) is 53.1 Å². The zero-order chi connectivity index (χ0) is 15.3. The van der Waals surface area contributed by atoms with Crippen LogP contribution in [-0.2, 0) is 4.43 Å². The van der Waals surface area contributed by atoms with Crippen LogP contribution in [0, 0.1) is 5.41 Å². The highest BCUT2D eigenvalue weighted by Crippen LogP contribution is 2.33. The molecule has 0 aromatic heterocycles. The summed E-state index contributed by atoms with van der Waals surface area (Å²) in [6.45, 7) is 18.6. The van der Waals surface area contributed by atoms with Crippen LogP contribution in [0.15, 0.2) is 24.3 Å². The molecule has 0 unspecified atom stereocenters. The van der Waals surface area contributed by atoms with E-state index in [1.807, 2.05) is 13.0 Å². The van der Waals surface area contributed by atoms with Gasteiger partial charge in [-0.15, -0.1) is 6.58 Å². The molecule has 112 valence electrons. The molecule has 0 rings (SSSR count). The summed E-state index contributed by atoms with van der Waals surface area (Å²) in [5.74, 6) is 0. The van der Waals surface area contributed by atoms with Gasteiger partial charge in [-0.25, -0.2) is 0 Å². The van der Waals surface area contributed by atoms with Crippen LogP contribution < -0.4 is 0 Å². The molecular weight excluding hydrogens is 252 g/mol. The van der Waals surface area contributed by atoms with Gasteiger partial charge < -0.3 is 9.53 Å². The van der Waals surface area contributed by atoms with Crippen LogP contribution in [-0.4, -0.2) is 25.6 Å². The highest BCUT2D eigenvalue weighted by atomic mass is 28.4. The van der Waals surface area contributed by atoms with Gasteiger partial charge in [0.05, 0.1) is 12.2 Å². The predicted molar refractivity (Wildman–Crippen MR) is 86.9 cm³/mol. The monoisotopic (exact) mass is 284 g/mol. The van der Waals surface area contributed by atoms with Gasteiger partial charge in [0, 0.05) is 5.41 Å². The zero-order valence-electron chi connectivity index (χ0n) is 13.8.